The third-order valence-corrected chi connectivity index (χ3v) is 3.21. The van der Waals surface area contributed by atoms with E-state index in [9.17, 15) is 4.79 Å². The fourth-order valence-corrected chi connectivity index (χ4v) is 2.09. The molecular formula is C14H20N2O3. The van der Waals surface area contributed by atoms with Crippen molar-refractivity contribution >= 4 is 11.6 Å². The fraction of sp³-hybridized carbons (Fsp3) is 0.500. The summed E-state index contributed by atoms with van der Waals surface area (Å²) in [4.78, 5) is 10.7. The number of hydrogen-bond acceptors (Lipinski definition) is 4. The summed E-state index contributed by atoms with van der Waals surface area (Å²) in [5.74, 6) is 0.381. The van der Waals surface area contributed by atoms with Gasteiger partial charge in [0, 0.05) is 6.61 Å². The van der Waals surface area contributed by atoms with E-state index in [2.05, 4.69) is 12.2 Å². The smallest absolute Gasteiger partial charge is 0.220 e. The van der Waals surface area contributed by atoms with Crippen molar-refractivity contribution in [1.29, 1.82) is 0 Å². The minimum Gasteiger partial charge on any atom is -0.491 e. The minimum absolute atomic E-state index is 0.193. The summed E-state index contributed by atoms with van der Waals surface area (Å²) in [6, 6.07) is 7.98. The largest absolute Gasteiger partial charge is 0.491 e. The lowest BCUT2D eigenvalue weighted by Crippen LogP contribution is -2.27. The molecule has 1 heterocycles. The third kappa shape index (κ3) is 3.86. The highest BCUT2D eigenvalue weighted by Gasteiger charge is 2.24. The van der Waals surface area contributed by atoms with Crippen molar-refractivity contribution in [2.45, 2.75) is 31.9 Å². The molecule has 0 bridgehead atoms. The molecule has 1 aromatic rings. The highest BCUT2D eigenvalue weighted by atomic mass is 16.5. The number of benzene rings is 1. The van der Waals surface area contributed by atoms with E-state index in [0.717, 1.165) is 24.5 Å². The summed E-state index contributed by atoms with van der Waals surface area (Å²) in [6.07, 6.45) is 1.40. The second-order valence-corrected chi connectivity index (χ2v) is 4.68. The van der Waals surface area contributed by atoms with Crippen LogP contribution in [-0.2, 0) is 9.53 Å². The first-order valence-corrected chi connectivity index (χ1v) is 6.55. The predicted octanol–water partition coefficient (Wildman–Crippen LogP) is 1.53. The zero-order valence-electron chi connectivity index (χ0n) is 11.1. The van der Waals surface area contributed by atoms with Gasteiger partial charge in [-0.3, -0.25) is 4.79 Å². The molecule has 0 aromatic heterocycles. The van der Waals surface area contributed by atoms with Crippen LogP contribution in [0.15, 0.2) is 24.3 Å². The van der Waals surface area contributed by atoms with Gasteiger partial charge in [0.05, 0.1) is 30.9 Å². The molecule has 0 aliphatic carbocycles. The van der Waals surface area contributed by atoms with Crippen molar-refractivity contribution in [3.63, 3.8) is 0 Å². The minimum atomic E-state index is -0.358. The molecule has 2 unspecified atom stereocenters. The van der Waals surface area contributed by atoms with Crippen molar-refractivity contribution in [3.8, 4) is 5.75 Å². The van der Waals surface area contributed by atoms with Crippen LogP contribution in [0, 0.1) is 0 Å². The lowest BCUT2D eigenvalue weighted by Gasteiger charge is -2.19. The Hall–Kier alpha value is -1.75. The summed E-state index contributed by atoms with van der Waals surface area (Å²) in [6.45, 7) is 3.13. The van der Waals surface area contributed by atoms with Gasteiger partial charge >= 0.3 is 0 Å². The van der Waals surface area contributed by atoms with E-state index >= 15 is 0 Å². The Morgan fingerprint density at radius 2 is 2.32 bits per heavy atom. The molecule has 1 amide bonds. The Morgan fingerprint density at radius 3 is 3.00 bits per heavy atom. The molecule has 3 N–H and O–H groups in total. The number of rotatable bonds is 6. The number of hydrogen-bond donors (Lipinski definition) is 2. The summed E-state index contributed by atoms with van der Waals surface area (Å²) in [5, 5.41) is 3.43. The summed E-state index contributed by atoms with van der Waals surface area (Å²) in [7, 11) is 0. The average molecular weight is 264 g/mol. The second-order valence-electron chi connectivity index (χ2n) is 4.68. The van der Waals surface area contributed by atoms with Gasteiger partial charge in [-0.25, -0.2) is 0 Å². The van der Waals surface area contributed by atoms with Crippen LogP contribution >= 0.6 is 0 Å². The molecule has 1 fully saturated rings. The van der Waals surface area contributed by atoms with Gasteiger partial charge in [-0.2, -0.15) is 0 Å². The van der Waals surface area contributed by atoms with Gasteiger partial charge < -0.3 is 20.5 Å². The van der Waals surface area contributed by atoms with E-state index in [4.69, 9.17) is 15.2 Å². The van der Waals surface area contributed by atoms with E-state index in [0.29, 0.717) is 12.6 Å². The average Bonchev–Trinajstić information content (AvgIpc) is 2.77. The highest BCUT2D eigenvalue weighted by Crippen LogP contribution is 2.27. The lowest BCUT2D eigenvalue weighted by molar-refractivity contribution is -0.118. The first-order valence-electron chi connectivity index (χ1n) is 6.55. The number of carbonyl (C=O) groups is 1. The molecule has 1 aromatic carbocycles. The number of amides is 1. The molecule has 5 nitrogen and oxygen atoms in total. The zero-order valence-corrected chi connectivity index (χ0v) is 11.1. The van der Waals surface area contributed by atoms with Gasteiger partial charge in [0.25, 0.3) is 0 Å². The van der Waals surface area contributed by atoms with Crippen LogP contribution in [0.2, 0.25) is 0 Å². The molecule has 2 rings (SSSR count). The number of anilines is 1. The van der Waals surface area contributed by atoms with Gasteiger partial charge in [0.1, 0.15) is 5.75 Å². The SMILES string of the molecule is CC1OCCC1Nc1ccccc1OCCC(N)=O. The predicted molar refractivity (Wildman–Crippen MR) is 73.2 cm³/mol. The van der Waals surface area contributed by atoms with Crippen LogP contribution in [0.4, 0.5) is 5.69 Å². The topological polar surface area (TPSA) is 73.6 Å². The third-order valence-electron chi connectivity index (χ3n) is 3.21. The van der Waals surface area contributed by atoms with Crippen LogP contribution < -0.4 is 15.8 Å². The molecule has 0 spiro atoms. The molecule has 1 saturated heterocycles. The molecule has 1 aliphatic rings. The van der Waals surface area contributed by atoms with Crippen molar-refractivity contribution in [2.24, 2.45) is 5.73 Å². The maximum absolute atomic E-state index is 10.7. The van der Waals surface area contributed by atoms with E-state index in [1.807, 2.05) is 24.3 Å². The maximum Gasteiger partial charge on any atom is 0.220 e. The van der Waals surface area contributed by atoms with Gasteiger partial charge in [-0.1, -0.05) is 12.1 Å². The number of primary amides is 1. The molecule has 0 saturated carbocycles. The van der Waals surface area contributed by atoms with Gasteiger partial charge in [0.2, 0.25) is 5.91 Å². The number of para-hydroxylation sites is 2. The fourth-order valence-electron chi connectivity index (χ4n) is 2.09. The van der Waals surface area contributed by atoms with E-state index < -0.39 is 0 Å². The van der Waals surface area contributed by atoms with Gasteiger partial charge in [-0.15, -0.1) is 0 Å². The number of nitrogens with one attached hydrogen (secondary N) is 1. The highest BCUT2D eigenvalue weighted by molar-refractivity contribution is 5.73. The molecule has 104 valence electrons. The van der Waals surface area contributed by atoms with Crippen molar-refractivity contribution in [1.82, 2.24) is 0 Å². The summed E-state index contributed by atoms with van der Waals surface area (Å²) < 4.78 is 11.1. The Labute approximate surface area is 113 Å². The molecule has 19 heavy (non-hydrogen) atoms. The lowest BCUT2D eigenvalue weighted by atomic mass is 10.1. The van der Waals surface area contributed by atoms with Crippen LogP contribution in [0.5, 0.6) is 5.75 Å². The summed E-state index contributed by atoms with van der Waals surface area (Å²) >= 11 is 0. The van der Waals surface area contributed by atoms with Crippen LogP contribution in [-0.4, -0.2) is 31.3 Å². The Kier molecular flexibility index (Phi) is 4.63. The van der Waals surface area contributed by atoms with Crippen LogP contribution in [0.3, 0.4) is 0 Å². The van der Waals surface area contributed by atoms with Crippen molar-refractivity contribution in [2.75, 3.05) is 18.5 Å². The maximum atomic E-state index is 10.7. The molecule has 2 atom stereocenters. The van der Waals surface area contributed by atoms with Gasteiger partial charge in [-0.05, 0) is 25.5 Å². The van der Waals surface area contributed by atoms with E-state index in [-0.39, 0.29) is 18.4 Å². The van der Waals surface area contributed by atoms with E-state index in [1.165, 1.54) is 0 Å². The second kappa shape index (κ2) is 6.43. The number of nitrogens with two attached hydrogens (primary N) is 1. The first kappa shape index (κ1) is 13.7. The zero-order chi connectivity index (χ0) is 13.7. The summed E-state index contributed by atoms with van der Waals surface area (Å²) in [5.41, 5.74) is 6.02. The number of carbonyl (C=O) groups excluding carboxylic acids is 1. The standard InChI is InChI=1S/C14H20N2O3/c1-10-11(6-8-18-10)16-12-4-2-3-5-13(12)19-9-7-14(15)17/h2-5,10-11,16H,6-9H2,1H3,(H2,15,17). The van der Waals surface area contributed by atoms with E-state index in [1.54, 1.807) is 0 Å². The Morgan fingerprint density at radius 1 is 1.53 bits per heavy atom. The molecule has 1 aliphatic heterocycles. The normalized spacial score (nSPS) is 22.2. The van der Waals surface area contributed by atoms with Crippen LogP contribution in [0.25, 0.3) is 0 Å². The Balaban J connectivity index is 1.97. The van der Waals surface area contributed by atoms with Crippen molar-refractivity contribution < 1.29 is 14.3 Å². The Bertz CT molecular complexity index is 436. The first-order chi connectivity index (χ1) is 9.16. The van der Waals surface area contributed by atoms with Crippen LogP contribution in [0.1, 0.15) is 19.8 Å². The molecule has 5 heteroatoms. The molecular weight excluding hydrogens is 244 g/mol. The quantitative estimate of drug-likeness (QED) is 0.817. The van der Waals surface area contributed by atoms with Crippen molar-refractivity contribution in [3.05, 3.63) is 24.3 Å². The number of ether oxygens (including phenoxy) is 2. The monoisotopic (exact) mass is 264 g/mol. The van der Waals surface area contributed by atoms with Gasteiger partial charge in [0.15, 0.2) is 0 Å². The molecule has 0 radical (unpaired) electrons.